The van der Waals surface area contributed by atoms with Crippen LogP contribution in [0.3, 0.4) is 0 Å². The van der Waals surface area contributed by atoms with Gasteiger partial charge in [0.15, 0.2) is 0 Å². The number of alkyl halides is 2. The monoisotopic (exact) mass is 338 g/mol. The second kappa shape index (κ2) is 6.19. The number of amides is 2. The number of carbonyl (C=O) groups is 3. The quantitative estimate of drug-likeness (QED) is 0.429. The highest BCUT2D eigenvalue weighted by Crippen LogP contribution is 2.21. The summed E-state index contributed by atoms with van der Waals surface area (Å²) in [6, 6.07) is -0.686. The van der Waals surface area contributed by atoms with Crippen molar-refractivity contribution in [1.29, 1.82) is 0 Å². The largest absolute Gasteiger partial charge is 0.477 e. The summed E-state index contributed by atoms with van der Waals surface area (Å²) in [5.74, 6) is -2.28. The number of carboxylic acids is 1. The zero-order valence-corrected chi connectivity index (χ0v) is 11.9. The lowest BCUT2D eigenvalue weighted by Gasteiger charge is -2.39. The molecule has 0 aliphatic carbocycles. The first-order chi connectivity index (χ1) is 8.42. The molecule has 1 heterocycles. The van der Waals surface area contributed by atoms with Crippen LogP contribution < -0.4 is 5.32 Å². The number of nitrogens with one attached hydrogen (secondary N) is 1. The average Bonchev–Trinajstić information content (AvgIpc) is 2.35. The van der Waals surface area contributed by atoms with Gasteiger partial charge in [-0.1, -0.05) is 15.9 Å². The van der Waals surface area contributed by atoms with E-state index in [2.05, 4.69) is 21.2 Å². The maximum Gasteiger partial charge on any atom is 0.352 e. The zero-order chi connectivity index (χ0) is 13.9. The number of carbonyl (C=O) groups excluding carboxylic acids is 2. The van der Waals surface area contributed by atoms with Gasteiger partial charge in [-0.2, -0.15) is 0 Å². The van der Waals surface area contributed by atoms with Crippen LogP contribution in [-0.4, -0.2) is 51.6 Å². The highest BCUT2D eigenvalue weighted by atomic mass is 79.9. The molecule has 2 amide bonds. The van der Waals surface area contributed by atoms with E-state index in [1.54, 1.807) is 6.92 Å². The van der Waals surface area contributed by atoms with Crippen molar-refractivity contribution >= 4 is 45.3 Å². The Morgan fingerprint density at radius 3 is 2.61 bits per heavy atom. The number of likely N-dealkylation sites (tertiary alicyclic amines) is 1. The summed E-state index contributed by atoms with van der Waals surface area (Å²) >= 11 is 8.45. The van der Waals surface area contributed by atoms with E-state index in [0.717, 1.165) is 4.90 Å². The van der Waals surface area contributed by atoms with Gasteiger partial charge in [0.2, 0.25) is 5.91 Å². The summed E-state index contributed by atoms with van der Waals surface area (Å²) in [5, 5.41) is 11.8. The molecule has 1 rings (SSSR count). The maximum absolute atomic E-state index is 11.7. The van der Waals surface area contributed by atoms with Crippen LogP contribution in [0.15, 0.2) is 11.3 Å². The summed E-state index contributed by atoms with van der Waals surface area (Å²) in [6.45, 7) is 1.77. The highest BCUT2D eigenvalue weighted by molar-refractivity contribution is 9.09. The fraction of sp³-hybridized carbons (Fsp3) is 0.500. The molecule has 0 bridgehead atoms. The first-order valence-corrected chi connectivity index (χ1v) is 6.73. The van der Waals surface area contributed by atoms with Crippen LogP contribution in [0, 0.1) is 0 Å². The van der Waals surface area contributed by atoms with Crippen molar-refractivity contribution in [3.05, 3.63) is 11.3 Å². The van der Waals surface area contributed by atoms with E-state index in [1.165, 1.54) is 0 Å². The molecule has 100 valence electrons. The van der Waals surface area contributed by atoms with Crippen molar-refractivity contribution in [2.24, 2.45) is 0 Å². The van der Waals surface area contributed by atoms with Crippen LogP contribution in [0.25, 0.3) is 0 Å². The molecule has 18 heavy (non-hydrogen) atoms. The first kappa shape index (κ1) is 15.0. The number of halogens is 2. The molecular weight excluding hydrogens is 327 g/mol. The van der Waals surface area contributed by atoms with Crippen molar-refractivity contribution in [2.75, 3.05) is 17.8 Å². The minimum Gasteiger partial charge on any atom is -0.477 e. The summed E-state index contributed by atoms with van der Waals surface area (Å²) in [5.41, 5.74) is 0.492. The van der Waals surface area contributed by atoms with E-state index >= 15 is 0 Å². The molecule has 8 heteroatoms. The topological polar surface area (TPSA) is 86.7 Å². The van der Waals surface area contributed by atoms with Crippen LogP contribution in [0.4, 0.5) is 0 Å². The van der Waals surface area contributed by atoms with E-state index in [4.69, 9.17) is 16.7 Å². The predicted octanol–water partition coefficient (Wildman–Crippen LogP) is 0.306. The van der Waals surface area contributed by atoms with Gasteiger partial charge in [-0.05, 0) is 12.5 Å². The number of hydrogen-bond acceptors (Lipinski definition) is 3. The van der Waals surface area contributed by atoms with Gasteiger partial charge in [0, 0.05) is 5.33 Å². The Hall–Kier alpha value is -1.08. The summed E-state index contributed by atoms with van der Waals surface area (Å²) < 4.78 is 0. The maximum atomic E-state index is 11.7. The van der Waals surface area contributed by atoms with Gasteiger partial charge in [-0.25, -0.2) is 4.79 Å². The first-order valence-electron chi connectivity index (χ1n) is 5.08. The molecule has 0 aromatic rings. The number of carboxylic acid groups (broad SMARTS) is 1. The average molecular weight is 340 g/mol. The lowest BCUT2D eigenvalue weighted by Crippen LogP contribution is -2.64. The fourth-order valence-electron chi connectivity index (χ4n) is 1.56. The third-order valence-electron chi connectivity index (χ3n) is 2.46. The molecule has 0 aromatic heterocycles. The van der Waals surface area contributed by atoms with E-state index in [9.17, 15) is 14.4 Å². The Balaban J connectivity index is 2.75. The lowest BCUT2D eigenvalue weighted by molar-refractivity contribution is -0.148. The van der Waals surface area contributed by atoms with Gasteiger partial charge in [0.1, 0.15) is 17.6 Å². The van der Waals surface area contributed by atoms with E-state index in [-0.39, 0.29) is 18.1 Å². The molecule has 1 fully saturated rings. The SMILES string of the molecule is CC(CBr)=C(C(=O)O)N1CC(NC(=O)CCl)C1=O. The van der Waals surface area contributed by atoms with E-state index in [0.29, 0.717) is 10.9 Å². The van der Waals surface area contributed by atoms with Gasteiger partial charge in [-0.3, -0.25) is 9.59 Å². The van der Waals surface area contributed by atoms with Gasteiger partial charge >= 0.3 is 5.97 Å². The molecule has 2 N–H and O–H groups in total. The molecule has 0 radical (unpaired) electrons. The van der Waals surface area contributed by atoms with Crippen LogP contribution in [-0.2, 0) is 14.4 Å². The van der Waals surface area contributed by atoms with E-state index < -0.39 is 23.8 Å². The normalized spacial score (nSPS) is 20.1. The van der Waals surface area contributed by atoms with Crippen molar-refractivity contribution < 1.29 is 19.5 Å². The number of rotatable bonds is 5. The number of nitrogens with zero attached hydrogens (tertiary/aromatic N) is 1. The fourth-order valence-corrected chi connectivity index (χ4v) is 1.90. The standard InChI is InChI=1S/C10H12BrClN2O4/c1-5(2-11)8(10(17)18)14-4-6(9(14)16)13-7(15)3-12/h6H,2-4H2,1H3,(H,13,15)(H,17,18). The Labute approximate surface area is 117 Å². The number of aliphatic carboxylic acids is 1. The van der Waals surface area contributed by atoms with Crippen LogP contribution in [0.1, 0.15) is 6.92 Å². The number of β-lactam (4-membered cyclic amide) rings is 1. The van der Waals surface area contributed by atoms with Gasteiger partial charge in [0.25, 0.3) is 5.91 Å². The molecule has 0 saturated carbocycles. The van der Waals surface area contributed by atoms with Crippen LogP contribution >= 0.6 is 27.5 Å². The zero-order valence-electron chi connectivity index (χ0n) is 9.57. The third kappa shape index (κ3) is 3.02. The minimum atomic E-state index is -1.16. The molecule has 6 nitrogen and oxygen atoms in total. The Morgan fingerprint density at radius 2 is 2.22 bits per heavy atom. The van der Waals surface area contributed by atoms with Crippen molar-refractivity contribution in [1.82, 2.24) is 10.2 Å². The van der Waals surface area contributed by atoms with Crippen molar-refractivity contribution in [3.8, 4) is 0 Å². The Bertz CT molecular complexity index is 424. The smallest absolute Gasteiger partial charge is 0.352 e. The second-order valence-corrected chi connectivity index (χ2v) is 4.60. The number of allylic oxidation sites excluding steroid dienone is 1. The van der Waals surface area contributed by atoms with Gasteiger partial charge in [0.05, 0.1) is 6.54 Å². The predicted molar refractivity (Wildman–Crippen MR) is 68.5 cm³/mol. The highest BCUT2D eigenvalue weighted by Gasteiger charge is 2.42. The molecule has 0 spiro atoms. The van der Waals surface area contributed by atoms with Crippen LogP contribution in [0.5, 0.6) is 0 Å². The molecule has 1 aliphatic rings. The lowest BCUT2D eigenvalue weighted by atomic mass is 10.0. The van der Waals surface area contributed by atoms with Crippen molar-refractivity contribution in [2.45, 2.75) is 13.0 Å². The van der Waals surface area contributed by atoms with Crippen LogP contribution in [0.2, 0.25) is 0 Å². The van der Waals surface area contributed by atoms with Crippen molar-refractivity contribution in [3.63, 3.8) is 0 Å². The summed E-state index contributed by atoms with van der Waals surface area (Å²) in [7, 11) is 0. The molecule has 0 aromatic carbocycles. The Kier molecular flexibility index (Phi) is 5.15. The second-order valence-electron chi connectivity index (χ2n) is 3.77. The van der Waals surface area contributed by atoms with Gasteiger partial charge in [-0.15, -0.1) is 11.6 Å². The number of hydrogen-bond donors (Lipinski definition) is 2. The molecule has 1 unspecified atom stereocenters. The minimum absolute atomic E-state index is 0.0479. The molecule has 1 saturated heterocycles. The summed E-state index contributed by atoms with van der Waals surface area (Å²) in [6.07, 6.45) is 0. The summed E-state index contributed by atoms with van der Waals surface area (Å²) in [4.78, 5) is 35.0. The molecular formula is C10H12BrClN2O4. The van der Waals surface area contributed by atoms with Gasteiger partial charge < -0.3 is 15.3 Å². The third-order valence-corrected chi connectivity index (χ3v) is 3.55. The molecule has 1 atom stereocenters. The Morgan fingerprint density at radius 1 is 1.61 bits per heavy atom. The van der Waals surface area contributed by atoms with E-state index in [1.807, 2.05) is 0 Å². The molecule has 1 aliphatic heterocycles.